The Morgan fingerprint density at radius 3 is 2.79 bits per heavy atom. The van der Waals surface area contributed by atoms with E-state index in [0.717, 1.165) is 0 Å². The molecule has 4 nitrogen and oxygen atoms in total. The van der Waals surface area contributed by atoms with Gasteiger partial charge >= 0.3 is 0 Å². The molecule has 0 aromatic heterocycles. The van der Waals surface area contributed by atoms with Crippen molar-refractivity contribution in [3.8, 4) is 6.07 Å². The number of halogens is 1. The molecule has 1 saturated carbocycles. The van der Waals surface area contributed by atoms with Crippen LogP contribution in [0.4, 0.5) is 5.69 Å². The first-order chi connectivity index (χ1) is 9.11. The summed E-state index contributed by atoms with van der Waals surface area (Å²) in [6, 6.07) is 5.71. The number of hydrogen-bond acceptors (Lipinski definition) is 4. The highest BCUT2D eigenvalue weighted by Gasteiger charge is 2.17. The van der Waals surface area contributed by atoms with Gasteiger partial charge in [0.15, 0.2) is 0 Å². The lowest BCUT2D eigenvalue weighted by atomic mass is 10.0. The van der Waals surface area contributed by atoms with Gasteiger partial charge in [0, 0.05) is 12.6 Å². The average Bonchev–Trinajstić information content (AvgIpc) is 2.92. The van der Waals surface area contributed by atoms with Gasteiger partial charge in [-0.1, -0.05) is 24.4 Å². The zero-order valence-electron chi connectivity index (χ0n) is 10.7. The van der Waals surface area contributed by atoms with E-state index in [0.29, 0.717) is 28.7 Å². The Labute approximate surface area is 118 Å². The van der Waals surface area contributed by atoms with E-state index < -0.39 is 6.10 Å². The maximum atomic E-state index is 10.1. The standard InChI is InChI=1S/C14H18ClN3O/c15-12-6-9(5-10(7-16)14(12)17)13(19)8-18-11-3-1-2-4-11/h5-6,11,13,18-19H,1-4,8,17H2. The number of rotatable bonds is 4. The predicted molar refractivity (Wildman–Crippen MR) is 75.8 cm³/mol. The molecule has 0 aliphatic heterocycles. The third kappa shape index (κ3) is 3.38. The lowest BCUT2D eigenvalue weighted by Crippen LogP contribution is -2.30. The number of nitriles is 1. The van der Waals surface area contributed by atoms with Crippen LogP contribution in [-0.4, -0.2) is 17.7 Å². The Hall–Kier alpha value is -1.28. The summed E-state index contributed by atoms with van der Waals surface area (Å²) in [5, 5.41) is 22.8. The van der Waals surface area contributed by atoms with Crippen LogP contribution >= 0.6 is 11.6 Å². The Morgan fingerprint density at radius 2 is 2.16 bits per heavy atom. The van der Waals surface area contributed by atoms with Crippen LogP contribution in [0.2, 0.25) is 5.02 Å². The van der Waals surface area contributed by atoms with Crippen LogP contribution in [0.25, 0.3) is 0 Å². The fourth-order valence-corrected chi connectivity index (χ4v) is 2.68. The van der Waals surface area contributed by atoms with Gasteiger partial charge in [-0.2, -0.15) is 5.26 Å². The molecule has 0 bridgehead atoms. The summed E-state index contributed by atoms with van der Waals surface area (Å²) in [5.74, 6) is 0. The van der Waals surface area contributed by atoms with Crippen LogP contribution in [0.5, 0.6) is 0 Å². The van der Waals surface area contributed by atoms with Crippen molar-refractivity contribution in [2.24, 2.45) is 0 Å². The zero-order valence-corrected chi connectivity index (χ0v) is 11.5. The van der Waals surface area contributed by atoms with Gasteiger partial charge in [0.1, 0.15) is 6.07 Å². The molecule has 5 heteroatoms. The number of nitrogens with zero attached hydrogens (tertiary/aromatic N) is 1. The van der Waals surface area contributed by atoms with Crippen molar-refractivity contribution in [2.45, 2.75) is 37.8 Å². The van der Waals surface area contributed by atoms with Crippen LogP contribution in [0.15, 0.2) is 12.1 Å². The molecule has 1 unspecified atom stereocenters. The smallest absolute Gasteiger partial charge is 0.101 e. The summed E-state index contributed by atoms with van der Waals surface area (Å²) < 4.78 is 0. The molecule has 0 spiro atoms. The number of nitrogen functional groups attached to an aromatic ring is 1. The number of anilines is 1. The number of hydrogen-bond donors (Lipinski definition) is 3. The van der Waals surface area contributed by atoms with E-state index in [1.54, 1.807) is 12.1 Å². The quantitative estimate of drug-likeness (QED) is 0.739. The summed E-state index contributed by atoms with van der Waals surface area (Å²) in [5.41, 5.74) is 6.89. The maximum absolute atomic E-state index is 10.1. The summed E-state index contributed by atoms with van der Waals surface area (Å²) in [6.45, 7) is 0.468. The second kappa shape index (κ2) is 6.25. The fraction of sp³-hybridized carbons (Fsp3) is 0.500. The van der Waals surface area contributed by atoms with E-state index in [2.05, 4.69) is 5.32 Å². The highest BCUT2D eigenvalue weighted by molar-refractivity contribution is 6.33. The number of benzene rings is 1. The van der Waals surface area contributed by atoms with E-state index in [4.69, 9.17) is 22.6 Å². The molecular formula is C14H18ClN3O. The molecule has 1 fully saturated rings. The molecular weight excluding hydrogens is 262 g/mol. The minimum absolute atomic E-state index is 0.267. The predicted octanol–water partition coefficient (Wildman–Crippen LogP) is 2.36. The second-order valence-electron chi connectivity index (χ2n) is 4.98. The van der Waals surface area contributed by atoms with Crippen molar-refractivity contribution >= 4 is 17.3 Å². The van der Waals surface area contributed by atoms with Gasteiger partial charge in [0.05, 0.1) is 22.4 Å². The molecule has 0 heterocycles. The van der Waals surface area contributed by atoms with Crippen LogP contribution < -0.4 is 11.1 Å². The van der Waals surface area contributed by atoms with Crippen molar-refractivity contribution in [1.29, 1.82) is 5.26 Å². The van der Waals surface area contributed by atoms with Crippen LogP contribution in [-0.2, 0) is 0 Å². The van der Waals surface area contributed by atoms with Crippen molar-refractivity contribution in [3.05, 3.63) is 28.3 Å². The molecule has 0 saturated heterocycles. The van der Waals surface area contributed by atoms with E-state index in [-0.39, 0.29) is 5.69 Å². The second-order valence-corrected chi connectivity index (χ2v) is 5.39. The number of aliphatic hydroxyl groups is 1. The lowest BCUT2D eigenvalue weighted by molar-refractivity contribution is 0.170. The lowest BCUT2D eigenvalue weighted by Gasteiger charge is -2.17. The van der Waals surface area contributed by atoms with Gasteiger partial charge < -0.3 is 16.2 Å². The van der Waals surface area contributed by atoms with Gasteiger partial charge in [0.2, 0.25) is 0 Å². The maximum Gasteiger partial charge on any atom is 0.101 e. The fourth-order valence-electron chi connectivity index (χ4n) is 2.45. The van der Waals surface area contributed by atoms with E-state index in [1.165, 1.54) is 25.7 Å². The van der Waals surface area contributed by atoms with Crippen LogP contribution in [0, 0.1) is 11.3 Å². The summed E-state index contributed by atoms with van der Waals surface area (Å²) in [6.07, 6.45) is 4.16. The molecule has 4 N–H and O–H groups in total. The van der Waals surface area contributed by atoms with Crippen molar-refractivity contribution in [2.75, 3.05) is 12.3 Å². The van der Waals surface area contributed by atoms with Gasteiger partial charge in [-0.15, -0.1) is 0 Å². The van der Waals surface area contributed by atoms with E-state index in [1.807, 2.05) is 6.07 Å². The molecule has 1 aliphatic rings. The first kappa shape index (κ1) is 14.1. The topological polar surface area (TPSA) is 82.1 Å². The van der Waals surface area contributed by atoms with Gasteiger partial charge in [-0.25, -0.2) is 0 Å². The third-order valence-electron chi connectivity index (χ3n) is 3.61. The molecule has 19 heavy (non-hydrogen) atoms. The third-order valence-corrected chi connectivity index (χ3v) is 3.92. The monoisotopic (exact) mass is 279 g/mol. The van der Waals surface area contributed by atoms with Gasteiger partial charge in [-0.05, 0) is 30.5 Å². The largest absolute Gasteiger partial charge is 0.396 e. The molecule has 1 atom stereocenters. The summed E-state index contributed by atoms with van der Waals surface area (Å²) >= 11 is 5.96. The van der Waals surface area contributed by atoms with Crippen LogP contribution in [0.3, 0.4) is 0 Å². The summed E-state index contributed by atoms with van der Waals surface area (Å²) in [7, 11) is 0. The first-order valence-electron chi connectivity index (χ1n) is 6.52. The Morgan fingerprint density at radius 1 is 1.47 bits per heavy atom. The molecule has 1 aromatic rings. The zero-order chi connectivity index (χ0) is 13.8. The van der Waals surface area contributed by atoms with Crippen molar-refractivity contribution < 1.29 is 5.11 Å². The average molecular weight is 280 g/mol. The number of aliphatic hydroxyl groups excluding tert-OH is 1. The molecule has 102 valence electrons. The van der Waals surface area contributed by atoms with E-state index in [9.17, 15) is 5.11 Å². The number of nitrogens with two attached hydrogens (primary N) is 1. The Kier molecular flexibility index (Phi) is 4.65. The van der Waals surface area contributed by atoms with Crippen LogP contribution in [0.1, 0.15) is 42.9 Å². The molecule has 1 aliphatic carbocycles. The number of nitrogens with one attached hydrogen (secondary N) is 1. The highest BCUT2D eigenvalue weighted by atomic mass is 35.5. The van der Waals surface area contributed by atoms with Gasteiger partial charge in [0.25, 0.3) is 0 Å². The summed E-state index contributed by atoms with van der Waals surface area (Å²) in [4.78, 5) is 0. The molecule has 2 rings (SSSR count). The Bertz CT molecular complexity index is 492. The SMILES string of the molecule is N#Cc1cc(C(O)CNC2CCCC2)cc(Cl)c1N. The minimum atomic E-state index is -0.675. The molecule has 1 aromatic carbocycles. The normalized spacial score (nSPS) is 17.3. The molecule has 0 radical (unpaired) electrons. The van der Waals surface area contributed by atoms with Crippen molar-refractivity contribution in [3.63, 3.8) is 0 Å². The Balaban J connectivity index is 2.04. The van der Waals surface area contributed by atoms with Gasteiger partial charge in [-0.3, -0.25) is 0 Å². The molecule has 0 amide bonds. The first-order valence-corrected chi connectivity index (χ1v) is 6.90. The highest BCUT2D eigenvalue weighted by Crippen LogP contribution is 2.27. The van der Waals surface area contributed by atoms with Crippen molar-refractivity contribution in [1.82, 2.24) is 5.32 Å². The minimum Gasteiger partial charge on any atom is -0.396 e. The van der Waals surface area contributed by atoms with E-state index >= 15 is 0 Å².